The molecule has 0 aliphatic rings. The predicted octanol–water partition coefficient (Wildman–Crippen LogP) is 3.70. The van der Waals surface area contributed by atoms with Crippen LogP contribution in [0.15, 0.2) is 55.1 Å². The zero-order valence-electron chi connectivity index (χ0n) is 15.3. The second-order valence-electron chi connectivity index (χ2n) is 5.79. The first-order valence-electron chi connectivity index (χ1n) is 8.59. The van der Waals surface area contributed by atoms with E-state index in [-0.39, 0.29) is 11.4 Å². The van der Waals surface area contributed by atoms with Gasteiger partial charge in [-0.3, -0.25) is 4.79 Å². The molecule has 3 rings (SSSR count). The van der Waals surface area contributed by atoms with Crippen molar-refractivity contribution in [2.75, 3.05) is 18.5 Å². The Morgan fingerprint density at radius 2 is 1.86 bits per heavy atom. The summed E-state index contributed by atoms with van der Waals surface area (Å²) in [4.78, 5) is 16.1. The van der Waals surface area contributed by atoms with Crippen LogP contribution in [0.2, 0.25) is 0 Å². The lowest BCUT2D eigenvalue weighted by Gasteiger charge is -2.15. The van der Waals surface area contributed by atoms with E-state index in [0.717, 1.165) is 12.1 Å². The summed E-state index contributed by atoms with van der Waals surface area (Å²) in [6.07, 6.45) is -2.02. The van der Waals surface area contributed by atoms with Crippen LogP contribution in [0.3, 0.4) is 0 Å². The Labute approximate surface area is 164 Å². The molecule has 152 valence electrons. The predicted molar refractivity (Wildman–Crippen MR) is 98.1 cm³/mol. The number of para-hydroxylation sites is 2. The molecule has 0 fully saturated rings. The maximum absolute atomic E-state index is 13.1. The normalized spacial score (nSPS) is 11.2. The van der Waals surface area contributed by atoms with Gasteiger partial charge in [0.2, 0.25) is 0 Å². The van der Waals surface area contributed by atoms with Crippen molar-refractivity contribution < 1.29 is 27.4 Å². The molecule has 0 saturated heterocycles. The molecule has 0 bridgehead atoms. The zero-order chi connectivity index (χ0) is 20.9. The summed E-state index contributed by atoms with van der Waals surface area (Å²) in [6.45, 7) is 1.80. The molecule has 29 heavy (non-hydrogen) atoms. The minimum Gasteiger partial charge on any atom is -0.490 e. The van der Waals surface area contributed by atoms with E-state index < -0.39 is 24.3 Å². The van der Waals surface area contributed by atoms with E-state index in [1.54, 1.807) is 24.3 Å². The highest BCUT2D eigenvalue weighted by atomic mass is 19.4. The van der Waals surface area contributed by atoms with E-state index in [4.69, 9.17) is 9.47 Å². The molecular weight excluding hydrogens is 389 g/mol. The number of benzene rings is 2. The van der Waals surface area contributed by atoms with Crippen LogP contribution in [-0.4, -0.2) is 33.9 Å². The fourth-order valence-corrected chi connectivity index (χ4v) is 2.52. The molecule has 1 heterocycles. The number of amides is 1. The summed E-state index contributed by atoms with van der Waals surface area (Å²) in [6, 6.07) is 9.73. The number of aromatic nitrogens is 3. The highest BCUT2D eigenvalue weighted by molar-refractivity contribution is 5.94. The SMILES string of the molecule is CCOc1ccccc1OCC(=O)Nc1cc(C(F)(F)F)ccc1-n1cncn1. The molecule has 0 atom stereocenters. The van der Waals surface area contributed by atoms with E-state index in [9.17, 15) is 18.0 Å². The monoisotopic (exact) mass is 406 g/mol. The number of halogens is 3. The molecule has 7 nitrogen and oxygen atoms in total. The van der Waals surface area contributed by atoms with Crippen molar-refractivity contribution in [1.82, 2.24) is 14.8 Å². The van der Waals surface area contributed by atoms with Crippen LogP contribution in [0.4, 0.5) is 18.9 Å². The Hall–Kier alpha value is -3.56. The number of carbonyl (C=O) groups excluding carboxylic acids is 1. The maximum Gasteiger partial charge on any atom is 0.416 e. The average Bonchev–Trinajstić information content (AvgIpc) is 3.21. The second-order valence-corrected chi connectivity index (χ2v) is 5.79. The molecule has 10 heteroatoms. The van der Waals surface area contributed by atoms with E-state index >= 15 is 0 Å². The minimum absolute atomic E-state index is 0.0722. The second kappa shape index (κ2) is 8.63. The molecule has 1 amide bonds. The Morgan fingerprint density at radius 3 is 2.48 bits per heavy atom. The number of carbonyl (C=O) groups is 1. The molecule has 2 aromatic carbocycles. The first kappa shape index (κ1) is 20.2. The van der Waals surface area contributed by atoms with Crippen LogP contribution in [0.25, 0.3) is 5.69 Å². The Kier molecular flexibility index (Phi) is 6.01. The van der Waals surface area contributed by atoms with Crippen molar-refractivity contribution >= 4 is 11.6 Å². The number of ether oxygens (including phenoxy) is 2. The third-order valence-corrected chi connectivity index (χ3v) is 3.77. The molecule has 0 aliphatic carbocycles. The molecule has 0 unspecified atom stereocenters. The third kappa shape index (κ3) is 5.03. The van der Waals surface area contributed by atoms with Gasteiger partial charge in [0.15, 0.2) is 18.1 Å². The number of hydrogen-bond donors (Lipinski definition) is 1. The summed E-state index contributed by atoms with van der Waals surface area (Å²) in [5, 5.41) is 6.34. The number of alkyl halides is 3. The standard InChI is InChI=1S/C19H17F3N4O3/c1-2-28-16-5-3-4-6-17(16)29-10-18(27)25-14-9-13(19(20,21)22)7-8-15(14)26-12-23-11-24-26/h3-9,11-12H,2,10H2,1H3,(H,25,27). The third-order valence-electron chi connectivity index (χ3n) is 3.77. The van der Waals surface area contributed by atoms with Crippen molar-refractivity contribution in [3.8, 4) is 17.2 Å². The van der Waals surface area contributed by atoms with Crippen molar-refractivity contribution in [3.05, 3.63) is 60.7 Å². The van der Waals surface area contributed by atoms with Gasteiger partial charge in [-0.25, -0.2) is 9.67 Å². The smallest absolute Gasteiger partial charge is 0.416 e. The summed E-state index contributed by atoms with van der Waals surface area (Å²) in [5.74, 6) is 0.173. The molecule has 0 aliphatic heterocycles. The van der Waals surface area contributed by atoms with Gasteiger partial charge in [-0.15, -0.1) is 0 Å². The maximum atomic E-state index is 13.1. The van der Waals surface area contributed by atoms with Crippen LogP contribution < -0.4 is 14.8 Å². The van der Waals surface area contributed by atoms with Gasteiger partial charge < -0.3 is 14.8 Å². The summed E-state index contributed by atoms with van der Waals surface area (Å²) >= 11 is 0. The molecule has 1 N–H and O–H groups in total. The molecule has 1 aromatic heterocycles. The minimum atomic E-state index is -4.56. The van der Waals surface area contributed by atoms with Crippen LogP contribution in [0, 0.1) is 0 Å². The summed E-state index contributed by atoms with van der Waals surface area (Å²) in [5.41, 5.74) is -0.741. The van der Waals surface area contributed by atoms with Crippen LogP contribution in [-0.2, 0) is 11.0 Å². The van der Waals surface area contributed by atoms with Crippen LogP contribution in [0.1, 0.15) is 12.5 Å². The topological polar surface area (TPSA) is 78.3 Å². The van der Waals surface area contributed by atoms with Gasteiger partial charge in [-0.2, -0.15) is 18.3 Å². The van der Waals surface area contributed by atoms with Crippen LogP contribution in [0.5, 0.6) is 11.5 Å². The largest absolute Gasteiger partial charge is 0.490 e. The molecular formula is C19H17F3N4O3. The van der Waals surface area contributed by atoms with Crippen molar-refractivity contribution in [1.29, 1.82) is 0 Å². The van der Waals surface area contributed by atoms with Gasteiger partial charge in [0.25, 0.3) is 5.91 Å². The fourth-order valence-electron chi connectivity index (χ4n) is 2.52. The van der Waals surface area contributed by atoms with Gasteiger partial charge in [0.1, 0.15) is 12.7 Å². The first-order chi connectivity index (χ1) is 13.9. The van der Waals surface area contributed by atoms with Crippen molar-refractivity contribution in [2.45, 2.75) is 13.1 Å². The van der Waals surface area contributed by atoms with Gasteiger partial charge in [-0.05, 0) is 37.3 Å². The summed E-state index contributed by atoms with van der Waals surface area (Å²) < 4.78 is 51.4. The zero-order valence-corrected chi connectivity index (χ0v) is 15.3. The van der Waals surface area contributed by atoms with E-state index in [1.807, 2.05) is 6.92 Å². The van der Waals surface area contributed by atoms with Gasteiger partial charge in [-0.1, -0.05) is 12.1 Å². The molecule has 0 saturated carbocycles. The lowest BCUT2D eigenvalue weighted by atomic mass is 10.1. The first-order valence-corrected chi connectivity index (χ1v) is 8.59. The fraction of sp³-hybridized carbons (Fsp3) is 0.211. The highest BCUT2D eigenvalue weighted by Gasteiger charge is 2.31. The van der Waals surface area contributed by atoms with Gasteiger partial charge in [0, 0.05) is 0 Å². The van der Waals surface area contributed by atoms with E-state index in [2.05, 4.69) is 15.4 Å². The lowest BCUT2D eigenvalue weighted by molar-refractivity contribution is -0.137. The number of nitrogens with one attached hydrogen (secondary N) is 1. The van der Waals surface area contributed by atoms with Gasteiger partial charge in [0.05, 0.1) is 23.5 Å². The molecule has 0 radical (unpaired) electrons. The average molecular weight is 406 g/mol. The Morgan fingerprint density at radius 1 is 1.14 bits per heavy atom. The number of rotatable bonds is 7. The van der Waals surface area contributed by atoms with Crippen molar-refractivity contribution in [2.24, 2.45) is 0 Å². The lowest BCUT2D eigenvalue weighted by Crippen LogP contribution is -2.22. The van der Waals surface area contributed by atoms with Gasteiger partial charge >= 0.3 is 6.18 Å². The summed E-state index contributed by atoms with van der Waals surface area (Å²) in [7, 11) is 0. The molecule has 0 spiro atoms. The quantitative estimate of drug-likeness (QED) is 0.647. The number of nitrogens with zero attached hydrogens (tertiary/aromatic N) is 3. The van der Waals surface area contributed by atoms with E-state index in [1.165, 1.54) is 23.4 Å². The Balaban J connectivity index is 1.79. The molecule has 3 aromatic rings. The number of anilines is 1. The number of hydrogen-bond acceptors (Lipinski definition) is 5. The van der Waals surface area contributed by atoms with Crippen molar-refractivity contribution in [3.63, 3.8) is 0 Å². The van der Waals surface area contributed by atoms with E-state index in [0.29, 0.717) is 18.1 Å². The van der Waals surface area contributed by atoms with Crippen LogP contribution >= 0.6 is 0 Å². The Bertz CT molecular complexity index is 975. The highest BCUT2D eigenvalue weighted by Crippen LogP contribution is 2.33.